The van der Waals surface area contributed by atoms with Crippen molar-refractivity contribution in [2.45, 2.75) is 39.2 Å². The van der Waals surface area contributed by atoms with Gasteiger partial charge in [0.15, 0.2) is 5.65 Å². The Morgan fingerprint density at radius 1 is 1.24 bits per heavy atom. The van der Waals surface area contributed by atoms with Crippen LogP contribution in [0, 0.1) is 6.92 Å². The van der Waals surface area contributed by atoms with Crippen molar-refractivity contribution in [1.29, 1.82) is 0 Å². The molecule has 1 fully saturated rings. The van der Waals surface area contributed by atoms with Crippen molar-refractivity contribution in [3.63, 3.8) is 0 Å². The second kappa shape index (κ2) is 6.02. The van der Waals surface area contributed by atoms with Crippen LogP contribution in [0.25, 0.3) is 16.6 Å². The third-order valence-electron chi connectivity index (χ3n) is 5.08. The highest BCUT2D eigenvalue weighted by Crippen LogP contribution is 2.28. The van der Waals surface area contributed by atoms with Gasteiger partial charge in [0.1, 0.15) is 6.04 Å². The molecule has 3 heterocycles. The largest absolute Gasteiger partial charge is 0.341 e. The van der Waals surface area contributed by atoms with E-state index in [-0.39, 0.29) is 17.5 Å². The third kappa shape index (κ3) is 2.44. The van der Waals surface area contributed by atoms with Gasteiger partial charge < -0.3 is 4.90 Å². The highest BCUT2D eigenvalue weighted by molar-refractivity contribution is 5.94. The lowest BCUT2D eigenvalue weighted by Gasteiger charge is -2.25. The van der Waals surface area contributed by atoms with Crippen molar-refractivity contribution in [3.05, 3.63) is 46.4 Å². The molecule has 1 atom stereocenters. The minimum Gasteiger partial charge on any atom is -0.341 e. The van der Waals surface area contributed by atoms with E-state index in [1.165, 1.54) is 6.07 Å². The van der Waals surface area contributed by atoms with E-state index in [0.29, 0.717) is 12.1 Å². The summed E-state index contributed by atoms with van der Waals surface area (Å²) >= 11 is 0. The second-order valence-corrected chi connectivity index (χ2v) is 6.69. The molecule has 0 radical (unpaired) electrons. The first-order valence-electron chi connectivity index (χ1n) is 8.90. The fourth-order valence-corrected chi connectivity index (χ4v) is 3.92. The summed E-state index contributed by atoms with van der Waals surface area (Å²) in [7, 11) is 0. The lowest BCUT2D eigenvalue weighted by Crippen LogP contribution is -2.36. The van der Waals surface area contributed by atoms with Crippen LogP contribution in [-0.2, 0) is 4.79 Å². The number of para-hydroxylation sites is 1. The molecule has 1 saturated heterocycles. The number of amides is 1. The molecular weight excluding hydrogens is 316 g/mol. The number of carbonyl (C=O) groups is 1. The molecule has 2 aromatic heterocycles. The van der Waals surface area contributed by atoms with E-state index in [9.17, 15) is 9.59 Å². The molecule has 3 aromatic rings. The molecule has 0 aliphatic carbocycles. The van der Waals surface area contributed by atoms with Crippen molar-refractivity contribution in [3.8, 4) is 0 Å². The van der Waals surface area contributed by atoms with Crippen LogP contribution in [0.3, 0.4) is 0 Å². The molecule has 0 N–H and O–H groups in total. The smallest absolute Gasteiger partial charge is 0.273 e. The first kappa shape index (κ1) is 15.9. The van der Waals surface area contributed by atoms with Crippen molar-refractivity contribution >= 4 is 22.5 Å². The van der Waals surface area contributed by atoms with Crippen molar-refractivity contribution in [1.82, 2.24) is 19.1 Å². The molecule has 1 aliphatic heterocycles. The van der Waals surface area contributed by atoms with Crippen LogP contribution >= 0.6 is 0 Å². The topological polar surface area (TPSA) is 59.6 Å². The van der Waals surface area contributed by atoms with Crippen molar-refractivity contribution in [2.75, 3.05) is 13.1 Å². The number of carbonyl (C=O) groups excluding carboxylic acids is 1. The first-order valence-corrected chi connectivity index (χ1v) is 8.90. The summed E-state index contributed by atoms with van der Waals surface area (Å²) in [6, 6.07) is 9.07. The Balaban J connectivity index is 2.01. The van der Waals surface area contributed by atoms with Gasteiger partial charge in [-0.25, -0.2) is 4.52 Å². The standard InChI is InChI=1S/C19H22N4O2/c1-3-15(19(25)21-10-6-7-11-21)23-16-9-5-4-8-14(16)18-20-17(24)12-13(2)22(18)23/h4-5,8-9,12,15H,3,6-7,10-11H2,1-2H3/t15-/m1/s1. The molecule has 1 amide bonds. The summed E-state index contributed by atoms with van der Waals surface area (Å²) in [5.41, 5.74) is 2.09. The number of aryl methyl sites for hydroxylation is 1. The van der Waals surface area contributed by atoms with Gasteiger partial charge in [-0.15, -0.1) is 0 Å². The number of benzene rings is 1. The van der Waals surface area contributed by atoms with Crippen LogP contribution in [-0.4, -0.2) is 38.1 Å². The van der Waals surface area contributed by atoms with Crippen LogP contribution in [0.1, 0.15) is 37.9 Å². The molecule has 6 heteroatoms. The lowest BCUT2D eigenvalue weighted by molar-refractivity contribution is -0.134. The number of hydrogen-bond donors (Lipinski definition) is 0. The summed E-state index contributed by atoms with van der Waals surface area (Å²) in [6.45, 7) is 5.58. The van der Waals surface area contributed by atoms with Crippen LogP contribution in [0.2, 0.25) is 0 Å². The van der Waals surface area contributed by atoms with Crippen LogP contribution in [0.15, 0.2) is 35.1 Å². The lowest BCUT2D eigenvalue weighted by atomic mass is 10.2. The quantitative estimate of drug-likeness (QED) is 0.737. The number of rotatable bonds is 3. The van der Waals surface area contributed by atoms with Crippen LogP contribution in [0.4, 0.5) is 0 Å². The average molecular weight is 338 g/mol. The summed E-state index contributed by atoms with van der Waals surface area (Å²) in [5.74, 6) is 0.153. The zero-order valence-corrected chi connectivity index (χ0v) is 14.6. The molecule has 4 rings (SSSR count). The minimum absolute atomic E-state index is 0.153. The minimum atomic E-state index is -0.302. The van der Waals surface area contributed by atoms with Gasteiger partial charge in [-0.1, -0.05) is 19.1 Å². The maximum Gasteiger partial charge on any atom is 0.273 e. The Hall–Kier alpha value is -2.63. The summed E-state index contributed by atoms with van der Waals surface area (Å²) in [5, 5.41) is 0.899. The highest BCUT2D eigenvalue weighted by Gasteiger charge is 2.29. The van der Waals surface area contributed by atoms with Gasteiger partial charge in [-0.05, 0) is 38.3 Å². The van der Waals surface area contributed by atoms with Gasteiger partial charge in [-0.3, -0.25) is 14.3 Å². The summed E-state index contributed by atoms with van der Waals surface area (Å²) in [4.78, 5) is 31.3. The molecule has 1 aliphatic rings. The fraction of sp³-hybridized carbons (Fsp3) is 0.421. The molecule has 6 nitrogen and oxygen atoms in total. The summed E-state index contributed by atoms with van der Waals surface area (Å²) in [6.07, 6.45) is 2.83. The molecule has 0 unspecified atom stereocenters. The SMILES string of the molecule is CC[C@H](C(=O)N1CCCC1)n1c2ccccc2c2nc(=O)cc(C)n21. The molecule has 0 saturated carbocycles. The molecule has 0 spiro atoms. The number of nitrogens with zero attached hydrogens (tertiary/aromatic N) is 4. The molecular formula is C19H22N4O2. The number of hydrogen-bond acceptors (Lipinski definition) is 3. The van der Waals surface area contributed by atoms with Crippen LogP contribution < -0.4 is 5.56 Å². The number of aromatic nitrogens is 3. The van der Waals surface area contributed by atoms with E-state index < -0.39 is 0 Å². The maximum absolute atomic E-state index is 13.2. The zero-order chi connectivity index (χ0) is 17.6. The Labute approximate surface area is 145 Å². The van der Waals surface area contributed by atoms with Crippen molar-refractivity contribution < 1.29 is 4.79 Å². The third-order valence-corrected chi connectivity index (χ3v) is 5.08. The predicted octanol–water partition coefficient (Wildman–Crippen LogP) is 2.53. The van der Waals surface area contributed by atoms with E-state index in [1.807, 2.05) is 52.2 Å². The molecule has 0 bridgehead atoms. The number of likely N-dealkylation sites (tertiary alicyclic amines) is 1. The Kier molecular flexibility index (Phi) is 3.82. The van der Waals surface area contributed by atoms with E-state index in [1.54, 1.807) is 0 Å². The normalized spacial score (nSPS) is 16.0. The first-order chi connectivity index (χ1) is 12.1. The highest BCUT2D eigenvalue weighted by atomic mass is 16.2. The van der Waals surface area contributed by atoms with Gasteiger partial charge in [0, 0.05) is 30.2 Å². The van der Waals surface area contributed by atoms with E-state index >= 15 is 0 Å². The molecule has 25 heavy (non-hydrogen) atoms. The van der Waals surface area contributed by atoms with E-state index in [2.05, 4.69) is 4.98 Å². The summed E-state index contributed by atoms with van der Waals surface area (Å²) < 4.78 is 3.95. The maximum atomic E-state index is 13.2. The van der Waals surface area contributed by atoms with Gasteiger partial charge >= 0.3 is 0 Å². The monoisotopic (exact) mass is 338 g/mol. The van der Waals surface area contributed by atoms with Gasteiger partial charge in [0.2, 0.25) is 5.91 Å². The van der Waals surface area contributed by atoms with Gasteiger partial charge in [0.25, 0.3) is 5.56 Å². The van der Waals surface area contributed by atoms with Gasteiger partial charge in [-0.2, -0.15) is 4.98 Å². The second-order valence-electron chi connectivity index (χ2n) is 6.69. The number of fused-ring (bicyclic) bond motifs is 3. The molecule has 1 aromatic carbocycles. The zero-order valence-electron chi connectivity index (χ0n) is 14.6. The Morgan fingerprint density at radius 3 is 2.68 bits per heavy atom. The Morgan fingerprint density at radius 2 is 1.96 bits per heavy atom. The molecule has 130 valence electrons. The fourth-order valence-electron chi connectivity index (χ4n) is 3.92. The van der Waals surface area contributed by atoms with E-state index in [0.717, 1.165) is 42.5 Å². The Bertz CT molecular complexity index is 1010. The van der Waals surface area contributed by atoms with Gasteiger partial charge in [0.05, 0.1) is 5.52 Å². The van der Waals surface area contributed by atoms with E-state index in [4.69, 9.17) is 0 Å². The van der Waals surface area contributed by atoms with Crippen LogP contribution in [0.5, 0.6) is 0 Å². The average Bonchev–Trinajstić information content (AvgIpc) is 3.23. The van der Waals surface area contributed by atoms with Crippen molar-refractivity contribution in [2.24, 2.45) is 0 Å². The predicted molar refractivity (Wildman–Crippen MR) is 96.8 cm³/mol.